The Hall–Kier alpha value is -1.75. The zero-order chi connectivity index (χ0) is 13.6. The lowest BCUT2D eigenvalue weighted by Gasteiger charge is -2.39. The van der Waals surface area contributed by atoms with Crippen molar-refractivity contribution in [2.24, 2.45) is 0 Å². The van der Waals surface area contributed by atoms with Gasteiger partial charge < -0.3 is 0 Å². The summed E-state index contributed by atoms with van der Waals surface area (Å²) in [5.41, 5.74) is -1.06. The smallest absolute Gasteiger partial charge is 0.293 e. The van der Waals surface area contributed by atoms with Gasteiger partial charge in [0.2, 0.25) is 5.78 Å². The number of fused-ring (bicyclic) bond motifs is 2. The van der Waals surface area contributed by atoms with E-state index in [4.69, 9.17) is 0 Å². The number of likely N-dealkylation sites (N-methyl/N-ethyl adjacent to an activating group) is 1. The van der Waals surface area contributed by atoms with Crippen LogP contribution in [-0.4, -0.2) is 34.7 Å². The van der Waals surface area contributed by atoms with Gasteiger partial charge in [0, 0.05) is 22.9 Å². The molecule has 3 unspecified atom stereocenters. The van der Waals surface area contributed by atoms with E-state index in [0.29, 0.717) is 12.0 Å². The molecule has 1 aromatic rings. The fourth-order valence-electron chi connectivity index (χ4n) is 3.69. The molecule has 0 amide bonds. The lowest BCUT2D eigenvalue weighted by Crippen LogP contribution is -2.61. The van der Waals surface area contributed by atoms with Crippen molar-refractivity contribution in [3.63, 3.8) is 0 Å². The highest BCUT2D eigenvalue weighted by Crippen LogP contribution is 2.45. The molecule has 0 N–H and O–H groups in total. The highest BCUT2D eigenvalue weighted by Gasteiger charge is 2.65. The summed E-state index contributed by atoms with van der Waals surface area (Å²) in [7, 11) is 1.90. The first-order chi connectivity index (χ1) is 9.08. The van der Waals surface area contributed by atoms with Crippen LogP contribution in [-0.2, 0) is 10.3 Å². The number of hydrogen-bond acceptors (Lipinski definition) is 4. The fourth-order valence-corrected chi connectivity index (χ4v) is 3.69. The van der Waals surface area contributed by atoms with Crippen molar-refractivity contribution < 1.29 is 9.72 Å². The Morgan fingerprint density at radius 1 is 1.32 bits per heavy atom. The maximum absolute atomic E-state index is 12.5. The van der Waals surface area contributed by atoms with E-state index in [0.717, 1.165) is 6.42 Å². The normalized spacial score (nSPS) is 34.5. The predicted molar refractivity (Wildman–Crippen MR) is 69.3 cm³/mol. The molecule has 3 atom stereocenters. The Kier molecular flexibility index (Phi) is 2.67. The minimum atomic E-state index is -1.58. The summed E-state index contributed by atoms with van der Waals surface area (Å²) in [6, 6.07) is 8.58. The average molecular weight is 260 g/mol. The minimum absolute atomic E-state index is 0.175. The number of rotatable bonds is 2. The molecule has 2 aliphatic rings. The van der Waals surface area contributed by atoms with Crippen LogP contribution in [0.4, 0.5) is 0 Å². The first-order valence-corrected chi connectivity index (χ1v) is 6.53. The first kappa shape index (κ1) is 12.3. The van der Waals surface area contributed by atoms with E-state index >= 15 is 0 Å². The van der Waals surface area contributed by atoms with Crippen LogP contribution < -0.4 is 0 Å². The summed E-state index contributed by atoms with van der Waals surface area (Å²) in [6.07, 6.45) is 1.86. The Labute approximate surface area is 111 Å². The third-order valence-electron chi connectivity index (χ3n) is 4.67. The van der Waals surface area contributed by atoms with Gasteiger partial charge in [-0.05, 0) is 19.9 Å². The number of nitro groups is 1. The summed E-state index contributed by atoms with van der Waals surface area (Å²) in [5, 5.41) is 11.8. The average Bonchev–Trinajstić information content (AvgIpc) is 2.67. The van der Waals surface area contributed by atoms with E-state index in [9.17, 15) is 14.9 Å². The highest BCUT2D eigenvalue weighted by atomic mass is 16.6. The molecule has 2 heterocycles. The Balaban J connectivity index is 2.20. The topological polar surface area (TPSA) is 63.4 Å². The van der Waals surface area contributed by atoms with Crippen LogP contribution in [0, 0.1) is 10.1 Å². The summed E-state index contributed by atoms with van der Waals surface area (Å²) in [4.78, 5) is 25.9. The molecular weight excluding hydrogens is 244 g/mol. The molecule has 19 heavy (non-hydrogen) atoms. The van der Waals surface area contributed by atoms with E-state index in [1.54, 1.807) is 24.3 Å². The van der Waals surface area contributed by atoms with E-state index in [1.807, 2.05) is 18.0 Å². The largest absolute Gasteiger partial charge is 0.319 e. The van der Waals surface area contributed by atoms with E-state index in [-0.39, 0.29) is 29.2 Å². The molecule has 0 aliphatic carbocycles. The van der Waals surface area contributed by atoms with Gasteiger partial charge in [0.15, 0.2) is 0 Å². The van der Waals surface area contributed by atoms with Crippen molar-refractivity contribution in [1.82, 2.24) is 4.90 Å². The van der Waals surface area contributed by atoms with Gasteiger partial charge in [0.1, 0.15) is 0 Å². The molecule has 5 nitrogen and oxygen atoms in total. The maximum Gasteiger partial charge on any atom is 0.319 e. The van der Waals surface area contributed by atoms with Crippen LogP contribution in [0.15, 0.2) is 30.3 Å². The molecule has 2 bridgehead atoms. The van der Waals surface area contributed by atoms with Crippen molar-refractivity contribution in [3.05, 3.63) is 46.0 Å². The Morgan fingerprint density at radius 2 is 2.00 bits per heavy atom. The summed E-state index contributed by atoms with van der Waals surface area (Å²) in [5.74, 6) is -0.241. The Bertz CT molecular complexity index is 531. The molecule has 2 saturated heterocycles. The molecule has 0 aromatic heterocycles. The lowest BCUT2D eigenvalue weighted by molar-refractivity contribution is -0.570. The molecular formula is C14H16N2O3. The van der Waals surface area contributed by atoms with Crippen molar-refractivity contribution in [3.8, 4) is 0 Å². The van der Waals surface area contributed by atoms with Crippen LogP contribution in [0.3, 0.4) is 0 Å². The monoisotopic (exact) mass is 260 g/mol. The van der Waals surface area contributed by atoms with Crippen molar-refractivity contribution in [1.29, 1.82) is 0 Å². The number of piperidine rings is 1. The standard InChI is InChI=1S/C14H16N2O3/c1-15-11-7-8-12(15)14(16(18)19,13(17)9-11)10-5-3-2-4-6-10/h2-6,11-12H,7-9H2,1H3. The summed E-state index contributed by atoms with van der Waals surface area (Å²) in [6.45, 7) is 0. The molecule has 5 heteroatoms. The van der Waals surface area contributed by atoms with Crippen LogP contribution in [0.25, 0.3) is 0 Å². The molecule has 0 spiro atoms. The number of nitrogens with zero attached hydrogens (tertiary/aromatic N) is 2. The van der Waals surface area contributed by atoms with E-state index < -0.39 is 5.54 Å². The number of carbonyl (C=O) groups excluding carboxylic acids is 1. The number of Topliss-reactive ketones (excluding diaryl/α,β-unsaturated/α-hetero) is 1. The van der Waals surface area contributed by atoms with Crippen molar-refractivity contribution in [2.45, 2.75) is 36.9 Å². The quantitative estimate of drug-likeness (QED) is 0.598. The van der Waals surface area contributed by atoms with Crippen molar-refractivity contribution >= 4 is 5.78 Å². The molecule has 2 fully saturated rings. The van der Waals surface area contributed by atoms with E-state index in [2.05, 4.69) is 0 Å². The second-order valence-electron chi connectivity index (χ2n) is 5.43. The molecule has 2 aliphatic heterocycles. The summed E-state index contributed by atoms with van der Waals surface area (Å²) >= 11 is 0. The van der Waals surface area contributed by atoms with Gasteiger partial charge in [-0.1, -0.05) is 30.3 Å². The number of hydrogen-bond donors (Lipinski definition) is 0. The van der Waals surface area contributed by atoms with Gasteiger partial charge in [0.05, 0.1) is 6.04 Å². The van der Waals surface area contributed by atoms with Gasteiger partial charge in [0.25, 0.3) is 0 Å². The molecule has 3 rings (SSSR count). The second-order valence-corrected chi connectivity index (χ2v) is 5.43. The molecule has 1 aromatic carbocycles. The number of benzene rings is 1. The van der Waals surface area contributed by atoms with Crippen LogP contribution in [0.5, 0.6) is 0 Å². The highest BCUT2D eigenvalue weighted by molar-refractivity contribution is 5.91. The maximum atomic E-state index is 12.5. The molecule has 0 saturated carbocycles. The first-order valence-electron chi connectivity index (χ1n) is 6.53. The number of carbonyl (C=O) groups is 1. The number of ketones is 1. The van der Waals surface area contributed by atoms with Crippen LogP contribution >= 0.6 is 0 Å². The summed E-state index contributed by atoms with van der Waals surface area (Å²) < 4.78 is 0. The fraction of sp³-hybridized carbons (Fsp3) is 0.500. The zero-order valence-corrected chi connectivity index (χ0v) is 10.8. The second kappa shape index (κ2) is 4.13. The third-order valence-corrected chi connectivity index (χ3v) is 4.67. The van der Waals surface area contributed by atoms with Gasteiger partial charge in [-0.25, -0.2) is 0 Å². The lowest BCUT2D eigenvalue weighted by atomic mass is 9.76. The molecule has 0 radical (unpaired) electrons. The Morgan fingerprint density at radius 3 is 2.63 bits per heavy atom. The van der Waals surface area contributed by atoms with E-state index in [1.165, 1.54) is 0 Å². The van der Waals surface area contributed by atoms with Crippen LogP contribution in [0.1, 0.15) is 24.8 Å². The SMILES string of the molecule is CN1C2CCC1C(c1ccccc1)([N+](=O)[O-])C(=O)C2. The van der Waals surface area contributed by atoms with Crippen molar-refractivity contribution in [2.75, 3.05) is 7.05 Å². The van der Waals surface area contributed by atoms with Gasteiger partial charge in [-0.3, -0.25) is 19.8 Å². The molecule has 100 valence electrons. The van der Waals surface area contributed by atoms with Gasteiger partial charge in [-0.15, -0.1) is 0 Å². The zero-order valence-electron chi connectivity index (χ0n) is 10.8. The van der Waals surface area contributed by atoms with Gasteiger partial charge >= 0.3 is 5.54 Å². The third kappa shape index (κ3) is 1.48. The predicted octanol–water partition coefficient (Wildman–Crippen LogP) is 1.59. The van der Waals surface area contributed by atoms with Gasteiger partial charge in [-0.2, -0.15) is 0 Å². The minimum Gasteiger partial charge on any atom is -0.293 e. The van der Waals surface area contributed by atoms with Crippen LogP contribution in [0.2, 0.25) is 0 Å².